The van der Waals surface area contributed by atoms with Crippen LogP contribution in [0.25, 0.3) is 0 Å². The lowest BCUT2D eigenvalue weighted by Crippen LogP contribution is -2.38. The van der Waals surface area contributed by atoms with Gasteiger partial charge in [-0.15, -0.1) is 0 Å². The van der Waals surface area contributed by atoms with Crippen LogP contribution in [0.1, 0.15) is 47.5 Å². The Morgan fingerprint density at radius 2 is 1.69 bits per heavy atom. The van der Waals surface area contributed by atoms with E-state index in [1.54, 1.807) is 0 Å². The van der Waals surface area contributed by atoms with Crippen molar-refractivity contribution in [2.45, 2.75) is 53.5 Å². The Kier molecular flexibility index (Phi) is 4.62. The van der Waals surface area contributed by atoms with E-state index in [0.717, 1.165) is 12.8 Å². The molecule has 0 aliphatic rings. The Hall–Kier alpha value is -0.370. The second kappa shape index (κ2) is 4.75. The van der Waals surface area contributed by atoms with Gasteiger partial charge in [-0.1, -0.05) is 34.6 Å². The van der Waals surface area contributed by atoms with Gasteiger partial charge >= 0.3 is 0 Å². The van der Waals surface area contributed by atoms with Crippen LogP contribution < -0.4 is 5.73 Å². The highest BCUT2D eigenvalue weighted by molar-refractivity contribution is 5.88. The number of hydrogen-bond donors (Lipinski definition) is 1. The third kappa shape index (κ3) is 5.04. The summed E-state index contributed by atoms with van der Waals surface area (Å²) in [6.45, 7) is 10.1. The standard InChI is InChI=1S/C11H23NO/c1-8(2)6-7-9(12)10(13)11(3,4)5/h8-9H,6-7,12H2,1-5H3/t9-/m0/s1. The molecule has 2 nitrogen and oxygen atoms in total. The quantitative estimate of drug-likeness (QED) is 0.730. The maximum absolute atomic E-state index is 11.7. The van der Waals surface area contributed by atoms with Crippen molar-refractivity contribution in [3.05, 3.63) is 0 Å². The lowest BCUT2D eigenvalue weighted by molar-refractivity contribution is -0.127. The van der Waals surface area contributed by atoms with Crippen LogP contribution in [-0.2, 0) is 4.79 Å². The monoisotopic (exact) mass is 185 g/mol. The van der Waals surface area contributed by atoms with Gasteiger partial charge in [-0.05, 0) is 18.8 Å². The summed E-state index contributed by atoms with van der Waals surface area (Å²) in [5, 5.41) is 0. The summed E-state index contributed by atoms with van der Waals surface area (Å²) in [4.78, 5) is 11.7. The third-order valence-corrected chi connectivity index (χ3v) is 2.13. The molecule has 0 saturated carbocycles. The molecule has 2 heteroatoms. The molecule has 0 spiro atoms. The lowest BCUT2D eigenvalue weighted by Gasteiger charge is -2.22. The fraction of sp³-hybridized carbons (Fsp3) is 0.909. The van der Waals surface area contributed by atoms with Gasteiger partial charge in [0, 0.05) is 5.41 Å². The van der Waals surface area contributed by atoms with Gasteiger partial charge < -0.3 is 5.73 Å². The van der Waals surface area contributed by atoms with Crippen LogP contribution in [0.5, 0.6) is 0 Å². The Balaban J connectivity index is 3.98. The topological polar surface area (TPSA) is 43.1 Å². The average Bonchev–Trinajstić information content (AvgIpc) is 1.96. The van der Waals surface area contributed by atoms with Crippen LogP contribution in [-0.4, -0.2) is 11.8 Å². The molecule has 0 aliphatic carbocycles. The lowest BCUT2D eigenvalue weighted by atomic mass is 9.84. The highest BCUT2D eigenvalue weighted by Gasteiger charge is 2.26. The number of carbonyl (C=O) groups is 1. The normalized spacial score (nSPS) is 14.7. The molecule has 0 saturated heterocycles. The molecule has 0 rings (SSSR count). The zero-order valence-corrected chi connectivity index (χ0v) is 9.55. The summed E-state index contributed by atoms with van der Waals surface area (Å²) in [6.07, 6.45) is 1.84. The number of carbonyl (C=O) groups excluding carboxylic acids is 1. The van der Waals surface area contributed by atoms with Gasteiger partial charge in [0.05, 0.1) is 6.04 Å². The summed E-state index contributed by atoms with van der Waals surface area (Å²) in [5.41, 5.74) is 5.51. The summed E-state index contributed by atoms with van der Waals surface area (Å²) in [7, 11) is 0. The van der Waals surface area contributed by atoms with Crippen molar-refractivity contribution in [1.29, 1.82) is 0 Å². The van der Waals surface area contributed by atoms with E-state index in [-0.39, 0.29) is 17.2 Å². The van der Waals surface area contributed by atoms with E-state index in [2.05, 4.69) is 13.8 Å². The Labute approximate surface area is 81.9 Å². The molecule has 0 aromatic heterocycles. The van der Waals surface area contributed by atoms with Crippen LogP contribution in [0, 0.1) is 11.3 Å². The maximum atomic E-state index is 11.7. The van der Waals surface area contributed by atoms with Crippen LogP contribution in [0.2, 0.25) is 0 Å². The van der Waals surface area contributed by atoms with Crippen molar-refractivity contribution in [2.24, 2.45) is 17.1 Å². The predicted molar refractivity (Wildman–Crippen MR) is 56.5 cm³/mol. The Morgan fingerprint density at radius 1 is 1.23 bits per heavy atom. The van der Waals surface area contributed by atoms with Crippen molar-refractivity contribution < 1.29 is 4.79 Å². The average molecular weight is 185 g/mol. The first-order chi connectivity index (χ1) is 5.75. The largest absolute Gasteiger partial charge is 0.321 e. The van der Waals surface area contributed by atoms with E-state index in [0.29, 0.717) is 5.92 Å². The number of hydrogen-bond acceptors (Lipinski definition) is 2. The molecule has 0 bridgehead atoms. The molecule has 2 N–H and O–H groups in total. The molecule has 0 radical (unpaired) electrons. The van der Waals surface area contributed by atoms with E-state index in [9.17, 15) is 4.79 Å². The minimum atomic E-state index is -0.295. The van der Waals surface area contributed by atoms with Gasteiger partial charge in [-0.2, -0.15) is 0 Å². The highest BCUT2D eigenvalue weighted by atomic mass is 16.1. The van der Waals surface area contributed by atoms with E-state index < -0.39 is 0 Å². The van der Waals surface area contributed by atoms with E-state index in [4.69, 9.17) is 5.73 Å². The first-order valence-corrected chi connectivity index (χ1v) is 5.05. The van der Waals surface area contributed by atoms with E-state index in [1.807, 2.05) is 20.8 Å². The van der Waals surface area contributed by atoms with Crippen LogP contribution >= 0.6 is 0 Å². The maximum Gasteiger partial charge on any atom is 0.154 e. The van der Waals surface area contributed by atoms with Crippen molar-refractivity contribution in [3.8, 4) is 0 Å². The van der Waals surface area contributed by atoms with Gasteiger partial charge in [0.25, 0.3) is 0 Å². The van der Waals surface area contributed by atoms with E-state index >= 15 is 0 Å². The summed E-state index contributed by atoms with van der Waals surface area (Å²) >= 11 is 0. The molecule has 0 aromatic rings. The van der Waals surface area contributed by atoms with E-state index in [1.165, 1.54) is 0 Å². The van der Waals surface area contributed by atoms with Gasteiger partial charge in [0.1, 0.15) is 0 Å². The predicted octanol–water partition coefficient (Wildman–Crippen LogP) is 2.37. The van der Waals surface area contributed by atoms with Gasteiger partial charge in [-0.25, -0.2) is 0 Å². The minimum Gasteiger partial charge on any atom is -0.321 e. The van der Waals surface area contributed by atoms with Gasteiger partial charge in [0.2, 0.25) is 0 Å². The molecule has 1 atom stereocenters. The molecule has 0 heterocycles. The molecule has 0 aliphatic heterocycles. The second-order valence-electron chi connectivity index (χ2n) is 5.19. The van der Waals surface area contributed by atoms with Gasteiger partial charge in [0.15, 0.2) is 5.78 Å². The molecular weight excluding hydrogens is 162 g/mol. The molecule has 0 aromatic carbocycles. The smallest absolute Gasteiger partial charge is 0.154 e. The first kappa shape index (κ1) is 12.6. The second-order valence-corrected chi connectivity index (χ2v) is 5.19. The third-order valence-electron chi connectivity index (χ3n) is 2.13. The highest BCUT2D eigenvalue weighted by Crippen LogP contribution is 2.18. The Morgan fingerprint density at radius 3 is 2.00 bits per heavy atom. The molecule has 13 heavy (non-hydrogen) atoms. The summed E-state index contributed by atoms with van der Waals surface area (Å²) in [5.74, 6) is 0.798. The zero-order valence-electron chi connectivity index (χ0n) is 9.55. The molecule has 0 unspecified atom stereocenters. The van der Waals surface area contributed by atoms with Crippen molar-refractivity contribution >= 4 is 5.78 Å². The molecule has 0 fully saturated rings. The van der Waals surface area contributed by atoms with Crippen molar-refractivity contribution in [3.63, 3.8) is 0 Å². The number of ketones is 1. The molecular formula is C11H23NO. The summed E-state index contributed by atoms with van der Waals surface area (Å²) < 4.78 is 0. The van der Waals surface area contributed by atoms with Crippen LogP contribution in [0.4, 0.5) is 0 Å². The number of Topliss-reactive ketones (excluding diaryl/α,β-unsaturated/α-hetero) is 1. The first-order valence-electron chi connectivity index (χ1n) is 5.05. The molecule has 0 amide bonds. The summed E-state index contributed by atoms with van der Waals surface area (Å²) in [6, 6.07) is -0.276. The number of rotatable bonds is 4. The molecule has 78 valence electrons. The fourth-order valence-electron chi connectivity index (χ4n) is 1.20. The fourth-order valence-corrected chi connectivity index (χ4v) is 1.20. The van der Waals surface area contributed by atoms with Crippen LogP contribution in [0.3, 0.4) is 0 Å². The van der Waals surface area contributed by atoms with Crippen molar-refractivity contribution in [2.75, 3.05) is 0 Å². The SMILES string of the molecule is CC(C)CC[C@H](N)C(=O)C(C)(C)C. The zero-order chi connectivity index (χ0) is 10.6. The number of nitrogens with two attached hydrogens (primary N) is 1. The van der Waals surface area contributed by atoms with Gasteiger partial charge in [-0.3, -0.25) is 4.79 Å². The minimum absolute atomic E-state index is 0.174. The van der Waals surface area contributed by atoms with Crippen molar-refractivity contribution in [1.82, 2.24) is 0 Å². The van der Waals surface area contributed by atoms with Crippen LogP contribution in [0.15, 0.2) is 0 Å². The Bertz CT molecular complexity index is 167.